The van der Waals surface area contributed by atoms with Gasteiger partial charge in [0.2, 0.25) is 0 Å². The molecule has 0 bridgehead atoms. The number of methoxy groups -OCH3 is 2. The van der Waals surface area contributed by atoms with E-state index in [4.69, 9.17) is 9.47 Å². The highest BCUT2D eigenvalue weighted by Gasteiger charge is 2.04. The van der Waals surface area contributed by atoms with Crippen LogP contribution in [0.25, 0.3) is 0 Å². The first kappa shape index (κ1) is 14.2. The summed E-state index contributed by atoms with van der Waals surface area (Å²) in [5, 5.41) is 12.6. The van der Waals surface area contributed by atoms with Gasteiger partial charge in [0, 0.05) is 18.7 Å². The van der Waals surface area contributed by atoms with E-state index in [1.54, 1.807) is 26.4 Å². The van der Waals surface area contributed by atoms with Crippen molar-refractivity contribution >= 4 is 0 Å². The molecular formula is C16H19NO3. The van der Waals surface area contributed by atoms with Gasteiger partial charge >= 0.3 is 0 Å². The molecule has 0 unspecified atom stereocenters. The van der Waals surface area contributed by atoms with E-state index < -0.39 is 0 Å². The molecule has 0 amide bonds. The summed E-state index contributed by atoms with van der Waals surface area (Å²) in [5.41, 5.74) is 2.16. The Balaban J connectivity index is 1.97. The molecule has 2 aromatic rings. The van der Waals surface area contributed by atoms with Crippen molar-refractivity contribution in [1.82, 2.24) is 5.32 Å². The summed E-state index contributed by atoms with van der Waals surface area (Å²) < 4.78 is 10.6. The van der Waals surface area contributed by atoms with E-state index >= 15 is 0 Å². The molecule has 2 aromatic carbocycles. The van der Waals surface area contributed by atoms with Crippen LogP contribution in [0.5, 0.6) is 17.2 Å². The van der Waals surface area contributed by atoms with Crippen molar-refractivity contribution in [3.05, 3.63) is 53.6 Å². The van der Waals surface area contributed by atoms with Crippen LogP contribution in [0.4, 0.5) is 0 Å². The van der Waals surface area contributed by atoms with Gasteiger partial charge in [0.05, 0.1) is 14.2 Å². The summed E-state index contributed by atoms with van der Waals surface area (Å²) in [6, 6.07) is 12.9. The Hall–Kier alpha value is -2.20. The van der Waals surface area contributed by atoms with Crippen molar-refractivity contribution in [1.29, 1.82) is 0 Å². The van der Waals surface area contributed by atoms with Gasteiger partial charge in [-0.05, 0) is 35.9 Å². The lowest BCUT2D eigenvalue weighted by Gasteiger charge is -2.11. The van der Waals surface area contributed by atoms with Crippen molar-refractivity contribution < 1.29 is 14.6 Å². The number of phenolic OH excluding ortho intramolecular Hbond substituents is 1. The highest BCUT2D eigenvalue weighted by molar-refractivity contribution is 5.40. The smallest absolute Gasteiger partial charge is 0.123 e. The number of phenols is 1. The number of ether oxygens (including phenoxy) is 2. The molecule has 0 aromatic heterocycles. The Kier molecular flexibility index (Phi) is 4.85. The first-order valence-corrected chi connectivity index (χ1v) is 6.42. The molecule has 4 nitrogen and oxygen atoms in total. The molecular weight excluding hydrogens is 254 g/mol. The van der Waals surface area contributed by atoms with Crippen LogP contribution in [0.3, 0.4) is 0 Å². The van der Waals surface area contributed by atoms with Gasteiger partial charge in [0.25, 0.3) is 0 Å². The molecule has 0 radical (unpaired) electrons. The Morgan fingerprint density at radius 2 is 1.70 bits per heavy atom. The second kappa shape index (κ2) is 6.82. The Morgan fingerprint density at radius 1 is 0.950 bits per heavy atom. The molecule has 4 heteroatoms. The van der Waals surface area contributed by atoms with Gasteiger partial charge in [-0.3, -0.25) is 0 Å². The molecule has 0 saturated carbocycles. The van der Waals surface area contributed by atoms with Crippen molar-refractivity contribution in [2.75, 3.05) is 14.2 Å². The van der Waals surface area contributed by atoms with Gasteiger partial charge in [-0.15, -0.1) is 0 Å². The van der Waals surface area contributed by atoms with Crippen molar-refractivity contribution in [3.8, 4) is 17.2 Å². The molecule has 0 aliphatic carbocycles. The Morgan fingerprint density at radius 3 is 2.35 bits per heavy atom. The largest absolute Gasteiger partial charge is 0.508 e. The minimum absolute atomic E-state index is 0.281. The number of rotatable bonds is 6. The van der Waals surface area contributed by atoms with Gasteiger partial charge in [-0.25, -0.2) is 0 Å². The van der Waals surface area contributed by atoms with Crippen LogP contribution in [-0.4, -0.2) is 19.3 Å². The van der Waals surface area contributed by atoms with Crippen LogP contribution < -0.4 is 14.8 Å². The molecule has 2 N–H and O–H groups in total. The molecule has 0 aliphatic rings. The highest BCUT2D eigenvalue weighted by Crippen LogP contribution is 2.23. The van der Waals surface area contributed by atoms with E-state index in [1.807, 2.05) is 30.3 Å². The van der Waals surface area contributed by atoms with E-state index in [0.717, 1.165) is 29.2 Å². The zero-order chi connectivity index (χ0) is 14.4. The summed E-state index contributed by atoms with van der Waals surface area (Å²) in [5.74, 6) is 1.93. The fourth-order valence-corrected chi connectivity index (χ4v) is 1.98. The molecule has 0 atom stereocenters. The SMILES string of the molecule is COc1ccc(OC)c(CNCc2ccc(O)cc2)c1. The van der Waals surface area contributed by atoms with Crippen molar-refractivity contribution in [3.63, 3.8) is 0 Å². The molecule has 0 spiro atoms. The highest BCUT2D eigenvalue weighted by atomic mass is 16.5. The topological polar surface area (TPSA) is 50.7 Å². The van der Waals surface area contributed by atoms with Gasteiger partial charge in [-0.2, -0.15) is 0 Å². The molecule has 2 rings (SSSR count). The van der Waals surface area contributed by atoms with E-state index in [-0.39, 0.29) is 5.75 Å². The maximum absolute atomic E-state index is 9.24. The molecule has 0 aliphatic heterocycles. The zero-order valence-electron chi connectivity index (χ0n) is 11.7. The summed E-state index contributed by atoms with van der Waals surface area (Å²) in [6.45, 7) is 1.40. The van der Waals surface area contributed by atoms with Gasteiger partial charge < -0.3 is 19.9 Å². The molecule has 0 heterocycles. The monoisotopic (exact) mass is 273 g/mol. The fourth-order valence-electron chi connectivity index (χ4n) is 1.98. The fraction of sp³-hybridized carbons (Fsp3) is 0.250. The second-order valence-electron chi connectivity index (χ2n) is 4.45. The Bertz CT molecular complexity index is 552. The predicted molar refractivity (Wildman–Crippen MR) is 78.2 cm³/mol. The number of aromatic hydroxyl groups is 1. The summed E-state index contributed by atoms with van der Waals surface area (Å²) in [6.07, 6.45) is 0. The number of benzene rings is 2. The van der Waals surface area contributed by atoms with Crippen LogP contribution in [0.15, 0.2) is 42.5 Å². The number of nitrogens with one attached hydrogen (secondary N) is 1. The molecule has 20 heavy (non-hydrogen) atoms. The maximum Gasteiger partial charge on any atom is 0.123 e. The quantitative estimate of drug-likeness (QED) is 0.849. The van der Waals surface area contributed by atoms with Crippen molar-refractivity contribution in [2.45, 2.75) is 13.1 Å². The Labute approximate surface area is 119 Å². The van der Waals surface area contributed by atoms with E-state index in [1.165, 1.54) is 0 Å². The van der Waals surface area contributed by atoms with Crippen LogP contribution in [0.2, 0.25) is 0 Å². The van der Waals surface area contributed by atoms with E-state index in [2.05, 4.69) is 5.32 Å². The van der Waals surface area contributed by atoms with Gasteiger partial charge in [0.15, 0.2) is 0 Å². The first-order valence-electron chi connectivity index (χ1n) is 6.42. The maximum atomic E-state index is 9.24. The first-order chi connectivity index (χ1) is 9.72. The average molecular weight is 273 g/mol. The van der Waals surface area contributed by atoms with Crippen LogP contribution in [-0.2, 0) is 13.1 Å². The van der Waals surface area contributed by atoms with Gasteiger partial charge in [0.1, 0.15) is 17.2 Å². The lowest BCUT2D eigenvalue weighted by atomic mass is 10.1. The van der Waals surface area contributed by atoms with E-state index in [9.17, 15) is 5.11 Å². The minimum Gasteiger partial charge on any atom is -0.508 e. The number of hydrogen-bond acceptors (Lipinski definition) is 4. The standard InChI is InChI=1S/C16H19NO3/c1-19-15-7-8-16(20-2)13(9-15)11-17-10-12-3-5-14(18)6-4-12/h3-9,17-18H,10-11H2,1-2H3. The average Bonchev–Trinajstić information content (AvgIpc) is 2.49. The summed E-state index contributed by atoms with van der Waals surface area (Å²) >= 11 is 0. The second-order valence-corrected chi connectivity index (χ2v) is 4.45. The third-order valence-corrected chi connectivity index (χ3v) is 3.07. The minimum atomic E-state index is 0.281. The number of hydrogen-bond donors (Lipinski definition) is 2. The normalized spacial score (nSPS) is 10.3. The van der Waals surface area contributed by atoms with Crippen molar-refractivity contribution in [2.24, 2.45) is 0 Å². The zero-order valence-corrected chi connectivity index (χ0v) is 11.7. The van der Waals surface area contributed by atoms with Crippen LogP contribution in [0, 0.1) is 0 Å². The van der Waals surface area contributed by atoms with Crippen LogP contribution >= 0.6 is 0 Å². The van der Waals surface area contributed by atoms with Gasteiger partial charge in [-0.1, -0.05) is 12.1 Å². The predicted octanol–water partition coefficient (Wildman–Crippen LogP) is 2.70. The molecule has 0 saturated heterocycles. The lowest BCUT2D eigenvalue weighted by Crippen LogP contribution is -2.13. The van der Waals surface area contributed by atoms with E-state index in [0.29, 0.717) is 6.54 Å². The summed E-state index contributed by atoms with van der Waals surface area (Å²) in [4.78, 5) is 0. The molecule has 106 valence electrons. The third kappa shape index (κ3) is 3.65. The molecule has 0 fully saturated rings. The summed E-state index contributed by atoms with van der Waals surface area (Å²) in [7, 11) is 3.31. The third-order valence-electron chi connectivity index (χ3n) is 3.07. The lowest BCUT2D eigenvalue weighted by molar-refractivity contribution is 0.397. The van der Waals surface area contributed by atoms with Crippen LogP contribution in [0.1, 0.15) is 11.1 Å².